The fraction of sp³-hybridized carbons (Fsp3) is 0.625. The minimum atomic E-state index is -0.807. The zero-order valence-corrected chi connectivity index (χ0v) is 20.5. The van der Waals surface area contributed by atoms with Crippen LogP contribution in [0.2, 0.25) is 0 Å². The molecule has 2 aliphatic rings. The number of aliphatic hydroxyl groups excluding tert-OH is 1. The van der Waals surface area contributed by atoms with Gasteiger partial charge in [0.15, 0.2) is 11.3 Å². The molecule has 0 radical (unpaired) electrons. The molecule has 9 heteroatoms. The fourth-order valence-corrected chi connectivity index (χ4v) is 4.84. The first-order valence-corrected chi connectivity index (χ1v) is 12.0. The van der Waals surface area contributed by atoms with Crippen LogP contribution in [0.3, 0.4) is 0 Å². The molecular formula is C24H33ClN4O4. The van der Waals surface area contributed by atoms with Crippen molar-refractivity contribution >= 4 is 17.7 Å². The van der Waals surface area contributed by atoms with E-state index >= 15 is 0 Å². The second-order valence-electron chi connectivity index (χ2n) is 9.93. The summed E-state index contributed by atoms with van der Waals surface area (Å²) in [5.41, 5.74) is 0.463. The van der Waals surface area contributed by atoms with E-state index in [1.165, 1.54) is 4.90 Å². The Morgan fingerprint density at radius 3 is 2.52 bits per heavy atom. The van der Waals surface area contributed by atoms with Crippen molar-refractivity contribution in [3.63, 3.8) is 0 Å². The molecule has 8 nitrogen and oxygen atoms in total. The van der Waals surface area contributed by atoms with E-state index in [0.717, 1.165) is 42.8 Å². The number of hydrogen-bond donors (Lipinski definition) is 1. The molecule has 1 N–H and O–H groups in total. The molecule has 2 unspecified atom stereocenters. The number of para-hydroxylation sites is 1. The largest absolute Gasteiger partial charge is 0.444 e. The fourth-order valence-electron chi connectivity index (χ4n) is 4.55. The molecule has 4 rings (SSSR count). The van der Waals surface area contributed by atoms with E-state index in [4.69, 9.17) is 21.1 Å². The SMILES string of the molecule is CC(CO)OC1CCC(c2nnc3n2-c2ccccc2CN(C(=O)OC(C)(C)C)C3Cl)CC1. The number of aliphatic hydroxyl groups is 1. The number of nitrogens with zero attached hydrogens (tertiary/aromatic N) is 4. The molecule has 33 heavy (non-hydrogen) atoms. The number of fused-ring (bicyclic) bond motifs is 3. The van der Waals surface area contributed by atoms with E-state index in [-0.39, 0.29) is 24.7 Å². The van der Waals surface area contributed by atoms with Gasteiger partial charge in [-0.3, -0.25) is 9.47 Å². The second-order valence-corrected chi connectivity index (χ2v) is 10.3. The summed E-state index contributed by atoms with van der Waals surface area (Å²) in [4.78, 5) is 14.5. The molecule has 1 amide bonds. The van der Waals surface area contributed by atoms with E-state index < -0.39 is 17.2 Å². The maximum absolute atomic E-state index is 13.0. The number of rotatable bonds is 4. The Balaban J connectivity index is 1.64. The minimum absolute atomic E-state index is 0.0274. The van der Waals surface area contributed by atoms with Crippen molar-refractivity contribution in [1.29, 1.82) is 0 Å². The molecular weight excluding hydrogens is 444 g/mol. The van der Waals surface area contributed by atoms with Crippen LogP contribution in [-0.4, -0.2) is 55.3 Å². The normalized spacial score (nSPS) is 23.9. The van der Waals surface area contributed by atoms with Crippen LogP contribution in [-0.2, 0) is 16.0 Å². The number of amides is 1. The van der Waals surface area contributed by atoms with Crippen molar-refractivity contribution in [2.75, 3.05) is 6.61 Å². The van der Waals surface area contributed by atoms with Crippen LogP contribution >= 0.6 is 11.6 Å². The van der Waals surface area contributed by atoms with Crippen LogP contribution < -0.4 is 0 Å². The number of ether oxygens (including phenoxy) is 2. The lowest BCUT2D eigenvalue weighted by molar-refractivity contribution is -0.0460. The first-order chi connectivity index (χ1) is 15.7. The standard InChI is InChI=1S/C24H33ClN4O4/c1-15(14-30)32-18-11-9-16(10-12-18)21-26-27-22-20(25)28(23(31)33-24(2,3)4)13-17-7-5-6-8-19(17)29(21)22/h5-8,15-16,18,20,30H,9-14H2,1-4H3. The number of aromatic nitrogens is 3. The summed E-state index contributed by atoms with van der Waals surface area (Å²) in [5.74, 6) is 1.60. The van der Waals surface area contributed by atoms with Crippen LogP contribution in [0.5, 0.6) is 0 Å². The maximum atomic E-state index is 13.0. The summed E-state index contributed by atoms with van der Waals surface area (Å²) in [6.07, 6.45) is 3.12. The molecule has 0 spiro atoms. The second kappa shape index (κ2) is 9.60. The third kappa shape index (κ3) is 5.18. The van der Waals surface area contributed by atoms with Gasteiger partial charge >= 0.3 is 6.09 Å². The minimum Gasteiger partial charge on any atom is -0.444 e. The molecule has 180 valence electrons. The van der Waals surface area contributed by atoms with Gasteiger partial charge in [-0.05, 0) is 65.0 Å². The highest BCUT2D eigenvalue weighted by Crippen LogP contribution is 2.40. The van der Waals surface area contributed by atoms with Crippen LogP contribution in [0.25, 0.3) is 5.69 Å². The van der Waals surface area contributed by atoms with E-state index in [1.807, 2.05) is 56.5 Å². The lowest BCUT2D eigenvalue weighted by Crippen LogP contribution is -2.37. The van der Waals surface area contributed by atoms with Crippen molar-refractivity contribution in [1.82, 2.24) is 19.7 Å². The predicted molar refractivity (Wildman–Crippen MR) is 124 cm³/mol. The third-order valence-electron chi connectivity index (χ3n) is 6.12. The summed E-state index contributed by atoms with van der Waals surface area (Å²) >= 11 is 6.84. The van der Waals surface area contributed by atoms with E-state index in [0.29, 0.717) is 12.4 Å². The molecule has 1 fully saturated rings. The Kier molecular flexibility index (Phi) is 6.98. The van der Waals surface area contributed by atoms with E-state index in [1.54, 1.807) is 0 Å². The summed E-state index contributed by atoms with van der Waals surface area (Å²) in [6.45, 7) is 7.74. The van der Waals surface area contributed by atoms with Crippen molar-refractivity contribution < 1.29 is 19.4 Å². The van der Waals surface area contributed by atoms with Gasteiger partial charge in [-0.1, -0.05) is 29.8 Å². The topological polar surface area (TPSA) is 89.7 Å². The Labute approximate surface area is 199 Å². The molecule has 1 aromatic heterocycles. The number of benzene rings is 1. The molecule has 1 aliphatic carbocycles. The average molecular weight is 477 g/mol. The smallest absolute Gasteiger partial charge is 0.412 e. The summed E-state index contributed by atoms with van der Waals surface area (Å²) in [6, 6.07) is 7.94. The first-order valence-electron chi connectivity index (χ1n) is 11.6. The molecule has 1 aromatic carbocycles. The van der Waals surface area contributed by atoms with Gasteiger partial charge in [0.2, 0.25) is 0 Å². The first kappa shape index (κ1) is 24.0. The van der Waals surface area contributed by atoms with Crippen molar-refractivity contribution in [2.24, 2.45) is 0 Å². The average Bonchev–Trinajstić information content (AvgIpc) is 3.16. The van der Waals surface area contributed by atoms with Gasteiger partial charge in [-0.2, -0.15) is 0 Å². The monoisotopic (exact) mass is 476 g/mol. The Bertz CT molecular complexity index is 981. The summed E-state index contributed by atoms with van der Waals surface area (Å²) in [5, 5.41) is 18.3. The van der Waals surface area contributed by atoms with Gasteiger partial charge in [0.25, 0.3) is 0 Å². The van der Waals surface area contributed by atoms with Gasteiger partial charge in [0, 0.05) is 5.92 Å². The number of halogens is 1. The summed E-state index contributed by atoms with van der Waals surface area (Å²) in [7, 11) is 0. The Morgan fingerprint density at radius 2 is 1.85 bits per heavy atom. The molecule has 1 saturated carbocycles. The number of carbonyl (C=O) groups excluding carboxylic acids is 1. The maximum Gasteiger partial charge on any atom is 0.412 e. The number of alkyl halides is 1. The van der Waals surface area contributed by atoms with E-state index in [2.05, 4.69) is 10.2 Å². The molecule has 1 aliphatic heterocycles. The Hall–Kier alpha value is -2.16. The van der Waals surface area contributed by atoms with Crippen LogP contribution in [0, 0.1) is 0 Å². The zero-order chi connectivity index (χ0) is 23.8. The van der Waals surface area contributed by atoms with Gasteiger partial charge in [0.05, 0.1) is 31.0 Å². The third-order valence-corrected chi connectivity index (χ3v) is 6.55. The summed E-state index contributed by atoms with van der Waals surface area (Å²) < 4.78 is 13.6. The Morgan fingerprint density at radius 1 is 1.18 bits per heavy atom. The highest BCUT2D eigenvalue weighted by molar-refractivity contribution is 6.21. The van der Waals surface area contributed by atoms with Crippen LogP contribution in [0.15, 0.2) is 24.3 Å². The molecule has 2 heterocycles. The van der Waals surface area contributed by atoms with E-state index in [9.17, 15) is 9.90 Å². The van der Waals surface area contributed by atoms with Crippen molar-refractivity contribution in [2.45, 2.75) is 89.2 Å². The molecule has 2 atom stereocenters. The van der Waals surface area contributed by atoms with Crippen LogP contribution in [0.4, 0.5) is 4.79 Å². The zero-order valence-electron chi connectivity index (χ0n) is 19.7. The van der Waals surface area contributed by atoms with Gasteiger partial charge < -0.3 is 14.6 Å². The van der Waals surface area contributed by atoms with Crippen LogP contribution in [0.1, 0.15) is 82.0 Å². The van der Waals surface area contributed by atoms with Crippen molar-refractivity contribution in [3.05, 3.63) is 41.5 Å². The van der Waals surface area contributed by atoms with Gasteiger partial charge in [-0.15, -0.1) is 10.2 Å². The predicted octanol–water partition coefficient (Wildman–Crippen LogP) is 4.68. The molecule has 2 aromatic rings. The lowest BCUT2D eigenvalue weighted by atomic mass is 9.86. The highest BCUT2D eigenvalue weighted by Gasteiger charge is 2.37. The van der Waals surface area contributed by atoms with Gasteiger partial charge in [-0.25, -0.2) is 4.79 Å². The highest BCUT2D eigenvalue weighted by atomic mass is 35.5. The molecule has 0 bridgehead atoms. The quantitative estimate of drug-likeness (QED) is 0.509. The van der Waals surface area contributed by atoms with Gasteiger partial charge in [0.1, 0.15) is 11.4 Å². The number of carbonyl (C=O) groups is 1. The van der Waals surface area contributed by atoms with Crippen molar-refractivity contribution in [3.8, 4) is 5.69 Å². The molecule has 0 saturated heterocycles. The lowest BCUT2D eigenvalue weighted by Gasteiger charge is -2.30. The number of hydrogen-bond acceptors (Lipinski definition) is 6.